The predicted molar refractivity (Wildman–Crippen MR) is 140 cm³/mol. The van der Waals surface area contributed by atoms with Crippen LogP contribution < -0.4 is 8.92 Å². The van der Waals surface area contributed by atoms with Crippen molar-refractivity contribution in [1.82, 2.24) is 4.90 Å². The molecule has 0 saturated carbocycles. The highest BCUT2D eigenvalue weighted by atomic mass is 32.2. The summed E-state index contributed by atoms with van der Waals surface area (Å²) in [6.07, 6.45) is -2.42. The van der Waals surface area contributed by atoms with Gasteiger partial charge < -0.3 is 18.2 Å². The summed E-state index contributed by atoms with van der Waals surface area (Å²) in [5, 5.41) is 0. The molecule has 7 nitrogen and oxygen atoms in total. The van der Waals surface area contributed by atoms with Crippen LogP contribution in [0.15, 0.2) is 94.4 Å². The highest BCUT2D eigenvalue weighted by Crippen LogP contribution is 2.34. The van der Waals surface area contributed by atoms with Crippen molar-refractivity contribution in [3.05, 3.63) is 113 Å². The highest BCUT2D eigenvalue weighted by molar-refractivity contribution is 7.87. The normalized spacial score (nSPS) is 11.7. The molecule has 4 aromatic rings. The van der Waals surface area contributed by atoms with E-state index in [0.29, 0.717) is 23.0 Å². The Kier molecular flexibility index (Phi) is 8.53. The third kappa shape index (κ3) is 6.84. The molecule has 0 aliphatic rings. The topological polar surface area (TPSA) is 86.0 Å². The molecule has 1 aromatic heterocycles. The molecule has 11 heteroatoms. The Hall–Kier alpha value is -4.25. The van der Waals surface area contributed by atoms with E-state index < -0.39 is 26.8 Å². The van der Waals surface area contributed by atoms with Crippen molar-refractivity contribution in [2.45, 2.75) is 37.5 Å². The fraction of sp³-hybridized carbons (Fsp3) is 0.207. The molecule has 0 atom stereocenters. The molecule has 0 unspecified atom stereocenters. The third-order valence-corrected chi connectivity index (χ3v) is 7.30. The molecular formula is C29H26F3NO6S. The molecule has 0 aliphatic carbocycles. The van der Waals surface area contributed by atoms with Crippen molar-refractivity contribution >= 4 is 16.0 Å². The van der Waals surface area contributed by atoms with Gasteiger partial charge in [-0.05, 0) is 72.1 Å². The fourth-order valence-corrected chi connectivity index (χ4v) is 4.93. The predicted octanol–water partition coefficient (Wildman–Crippen LogP) is 6.48. The average molecular weight is 574 g/mol. The smallest absolute Gasteiger partial charge is 0.416 e. The quantitative estimate of drug-likeness (QED) is 0.202. The third-order valence-electron chi connectivity index (χ3n) is 6.07. The molecule has 210 valence electrons. The number of ether oxygens (including phenoxy) is 1. The molecule has 3 aromatic carbocycles. The minimum Gasteiger partial charge on any atom is -0.493 e. The number of aryl methyl sites for hydroxylation is 1. The van der Waals surface area contributed by atoms with E-state index >= 15 is 0 Å². The Bertz CT molecular complexity index is 1570. The molecule has 1 amide bonds. The van der Waals surface area contributed by atoms with E-state index in [0.717, 1.165) is 30.2 Å². The second-order valence-electron chi connectivity index (χ2n) is 8.84. The number of benzene rings is 3. The zero-order valence-electron chi connectivity index (χ0n) is 21.6. The number of rotatable bonds is 10. The van der Waals surface area contributed by atoms with Crippen LogP contribution in [0.5, 0.6) is 11.5 Å². The van der Waals surface area contributed by atoms with Gasteiger partial charge in [-0.25, -0.2) is 0 Å². The molecule has 4 rings (SSSR count). The monoisotopic (exact) mass is 573 g/mol. The lowest BCUT2D eigenvalue weighted by molar-refractivity contribution is -0.137. The summed E-state index contributed by atoms with van der Waals surface area (Å²) in [7, 11) is -3.36. The molecule has 0 aliphatic heterocycles. The minimum atomic E-state index is -4.73. The van der Waals surface area contributed by atoms with E-state index in [1.165, 1.54) is 30.4 Å². The number of methoxy groups -OCH3 is 1. The number of furan rings is 1. The van der Waals surface area contributed by atoms with Crippen LogP contribution >= 0.6 is 0 Å². The van der Waals surface area contributed by atoms with Crippen LogP contribution in [0, 0.1) is 0 Å². The van der Waals surface area contributed by atoms with Gasteiger partial charge >= 0.3 is 16.3 Å². The van der Waals surface area contributed by atoms with E-state index in [1.807, 2.05) is 19.1 Å². The van der Waals surface area contributed by atoms with Crippen LogP contribution in [0.2, 0.25) is 0 Å². The number of carbonyl (C=O) groups is 1. The maximum atomic E-state index is 13.5. The molecule has 0 N–H and O–H groups in total. The van der Waals surface area contributed by atoms with Crippen LogP contribution in [-0.2, 0) is 35.8 Å². The van der Waals surface area contributed by atoms with Crippen LogP contribution in [-0.4, -0.2) is 26.3 Å². The number of carbonyl (C=O) groups excluding carboxylic acids is 1. The minimum absolute atomic E-state index is 0.0402. The molecule has 1 heterocycles. The van der Waals surface area contributed by atoms with Gasteiger partial charge in [-0.3, -0.25) is 4.79 Å². The van der Waals surface area contributed by atoms with Gasteiger partial charge in [0.15, 0.2) is 11.5 Å². The maximum Gasteiger partial charge on any atom is 0.416 e. The van der Waals surface area contributed by atoms with Gasteiger partial charge in [-0.2, -0.15) is 21.6 Å². The van der Waals surface area contributed by atoms with E-state index in [4.69, 9.17) is 13.3 Å². The van der Waals surface area contributed by atoms with Crippen molar-refractivity contribution in [3.63, 3.8) is 0 Å². The molecule has 0 radical (unpaired) electrons. The summed E-state index contributed by atoms with van der Waals surface area (Å²) >= 11 is 0. The second-order valence-corrected chi connectivity index (χ2v) is 10.4. The van der Waals surface area contributed by atoms with E-state index in [1.54, 1.807) is 30.3 Å². The van der Waals surface area contributed by atoms with Gasteiger partial charge in [0.05, 0.1) is 25.5 Å². The number of hydrogen-bond donors (Lipinski definition) is 0. The van der Waals surface area contributed by atoms with Gasteiger partial charge in [0.25, 0.3) is 5.91 Å². The summed E-state index contributed by atoms with van der Waals surface area (Å²) < 4.78 is 81.2. The summed E-state index contributed by atoms with van der Waals surface area (Å²) in [5.74, 6) is 0.0537. The molecule has 40 heavy (non-hydrogen) atoms. The first-order valence-corrected chi connectivity index (χ1v) is 13.6. The lowest BCUT2D eigenvalue weighted by atomic mass is 10.1. The number of hydrogen-bond acceptors (Lipinski definition) is 6. The number of halogens is 3. The molecule has 0 bridgehead atoms. The first-order valence-electron chi connectivity index (χ1n) is 12.2. The van der Waals surface area contributed by atoms with Crippen molar-refractivity contribution < 1.29 is 39.7 Å². The Labute approximate surface area is 229 Å². The van der Waals surface area contributed by atoms with Gasteiger partial charge in [-0.15, -0.1) is 0 Å². The Morgan fingerprint density at radius 1 is 0.900 bits per heavy atom. The Balaban J connectivity index is 1.64. The molecule has 0 spiro atoms. The summed E-state index contributed by atoms with van der Waals surface area (Å²) in [6.45, 7) is 2.18. The zero-order chi connectivity index (χ0) is 28.9. The average Bonchev–Trinajstić information content (AvgIpc) is 3.45. The molecule has 0 saturated heterocycles. The number of nitrogens with zero attached hydrogens (tertiary/aromatic N) is 1. The molecular weight excluding hydrogens is 547 g/mol. The van der Waals surface area contributed by atoms with Crippen molar-refractivity contribution in [2.75, 3.05) is 7.11 Å². The van der Waals surface area contributed by atoms with Gasteiger partial charge in [0, 0.05) is 12.1 Å². The Morgan fingerprint density at radius 3 is 2.25 bits per heavy atom. The van der Waals surface area contributed by atoms with Crippen LogP contribution in [0.4, 0.5) is 13.2 Å². The SMILES string of the molecule is CCc1ccc(C(=O)N(Cc2ccc(OC)c(OS(=O)(=O)c3cccc(C(F)(F)F)c3)c2)Cc2ccco2)cc1. The lowest BCUT2D eigenvalue weighted by Crippen LogP contribution is -2.30. The van der Waals surface area contributed by atoms with Gasteiger partial charge in [0.2, 0.25) is 0 Å². The Morgan fingerprint density at radius 2 is 1.62 bits per heavy atom. The standard InChI is InChI=1S/C29H26F3NO6S/c1-3-20-9-12-22(13-10-20)28(34)33(19-24-7-5-15-38-24)18-21-11-14-26(37-2)27(16-21)39-40(35,36)25-8-4-6-23(17-25)29(30,31)32/h4-17H,3,18-19H2,1-2H3. The van der Waals surface area contributed by atoms with Crippen LogP contribution in [0.1, 0.15) is 39.7 Å². The summed E-state index contributed by atoms with van der Waals surface area (Å²) in [4.78, 5) is 14.3. The lowest BCUT2D eigenvalue weighted by Gasteiger charge is -2.23. The number of amides is 1. The molecule has 0 fully saturated rings. The summed E-state index contributed by atoms with van der Waals surface area (Å²) in [6, 6.07) is 18.4. The highest BCUT2D eigenvalue weighted by Gasteiger charge is 2.32. The number of alkyl halides is 3. The van der Waals surface area contributed by atoms with Gasteiger partial charge in [0.1, 0.15) is 10.7 Å². The largest absolute Gasteiger partial charge is 0.493 e. The van der Waals surface area contributed by atoms with E-state index in [9.17, 15) is 26.4 Å². The van der Waals surface area contributed by atoms with Gasteiger partial charge in [-0.1, -0.05) is 31.2 Å². The zero-order valence-corrected chi connectivity index (χ0v) is 22.5. The second kappa shape index (κ2) is 11.9. The van der Waals surface area contributed by atoms with Crippen molar-refractivity contribution in [2.24, 2.45) is 0 Å². The van der Waals surface area contributed by atoms with Crippen molar-refractivity contribution in [1.29, 1.82) is 0 Å². The maximum absolute atomic E-state index is 13.5. The summed E-state index contributed by atoms with van der Waals surface area (Å²) in [5.41, 5.74) is 0.894. The van der Waals surface area contributed by atoms with E-state index in [-0.39, 0.29) is 30.5 Å². The first-order chi connectivity index (χ1) is 19.0. The van der Waals surface area contributed by atoms with E-state index in [2.05, 4.69) is 0 Å². The first kappa shape index (κ1) is 28.8. The van der Waals surface area contributed by atoms with Crippen LogP contribution in [0.25, 0.3) is 0 Å². The van der Waals surface area contributed by atoms with Crippen LogP contribution in [0.3, 0.4) is 0 Å². The van der Waals surface area contributed by atoms with Crippen molar-refractivity contribution in [3.8, 4) is 11.5 Å². The fourth-order valence-electron chi connectivity index (χ4n) is 3.95.